The van der Waals surface area contributed by atoms with Gasteiger partial charge < -0.3 is 10.2 Å². The lowest BCUT2D eigenvalue weighted by Crippen LogP contribution is -2.34. The predicted molar refractivity (Wildman–Crippen MR) is 122 cm³/mol. The molecule has 0 amide bonds. The zero-order chi connectivity index (χ0) is 19.9. The first-order valence-corrected chi connectivity index (χ1v) is 11.9. The van der Waals surface area contributed by atoms with Crippen molar-refractivity contribution >= 4 is 0 Å². The number of unbranched alkanes of at least 4 members (excludes halogenated alkanes) is 15. The standard InChI is InChI=1S/C18H38N.C6H16N/c1-2-3-4-5-6-7-8-9-10-11-12-13-14-15-16-17-18-19;1-5-6-7(2,3)4/h19H,2-18H2,1H3;5-6H2,1-4H3/q-1;+1. The lowest BCUT2D eigenvalue weighted by atomic mass is 10.0. The fraction of sp³-hybridized carbons (Fsp3) is 1.00. The van der Waals surface area contributed by atoms with Gasteiger partial charge in [-0.2, -0.15) is 6.54 Å². The Morgan fingerprint density at radius 2 is 0.769 bits per heavy atom. The molecule has 160 valence electrons. The minimum atomic E-state index is 0.623. The number of rotatable bonds is 18. The molecule has 0 fully saturated rings. The highest BCUT2D eigenvalue weighted by molar-refractivity contribution is 4.53. The Bertz CT molecular complexity index is 217. The van der Waals surface area contributed by atoms with E-state index < -0.39 is 0 Å². The van der Waals surface area contributed by atoms with Crippen molar-refractivity contribution < 1.29 is 4.48 Å². The van der Waals surface area contributed by atoms with E-state index in [1.54, 1.807) is 0 Å². The fourth-order valence-electron chi connectivity index (χ4n) is 3.34. The molecule has 0 rings (SSSR count). The first-order chi connectivity index (χ1) is 12.5. The molecule has 2 heteroatoms. The average molecular weight is 371 g/mol. The lowest BCUT2D eigenvalue weighted by Gasteiger charge is -2.22. The molecule has 0 aliphatic carbocycles. The van der Waals surface area contributed by atoms with Crippen molar-refractivity contribution in [1.29, 1.82) is 0 Å². The van der Waals surface area contributed by atoms with Crippen molar-refractivity contribution in [2.24, 2.45) is 0 Å². The average Bonchev–Trinajstić information content (AvgIpc) is 2.58. The van der Waals surface area contributed by atoms with E-state index in [4.69, 9.17) is 5.73 Å². The lowest BCUT2D eigenvalue weighted by molar-refractivity contribution is -0.870. The molecule has 0 saturated heterocycles. The summed E-state index contributed by atoms with van der Waals surface area (Å²) in [5, 5.41) is 0. The second kappa shape index (κ2) is 23.0. The van der Waals surface area contributed by atoms with E-state index in [0.717, 1.165) is 10.9 Å². The van der Waals surface area contributed by atoms with Crippen LogP contribution in [0.15, 0.2) is 0 Å². The molecule has 0 bridgehead atoms. The van der Waals surface area contributed by atoms with E-state index in [-0.39, 0.29) is 0 Å². The van der Waals surface area contributed by atoms with E-state index in [2.05, 4.69) is 35.0 Å². The summed E-state index contributed by atoms with van der Waals surface area (Å²) in [7, 11) is 6.64. The van der Waals surface area contributed by atoms with Gasteiger partial charge in [0, 0.05) is 0 Å². The van der Waals surface area contributed by atoms with Crippen molar-refractivity contribution in [3.63, 3.8) is 0 Å². The molecule has 0 heterocycles. The molecule has 0 radical (unpaired) electrons. The Labute approximate surface area is 167 Å². The van der Waals surface area contributed by atoms with Crippen LogP contribution in [-0.4, -0.2) is 38.7 Å². The molecule has 2 nitrogen and oxygen atoms in total. The highest BCUT2D eigenvalue weighted by Crippen LogP contribution is 2.13. The van der Waals surface area contributed by atoms with Crippen LogP contribution in [0.1, 0.15) is 123 Å². The molecule has 0 aliphatic heterocycles. The molecule has 0 aromatic rings. The van der Waals surface area contributed by atoms with Gasteiger partial charge in [-0.25, -0.2) is 0 Å². The molecule has 0 aliphatic rings. The minimum absolute atomic E-state index is 0.623. The van der Waals surface area contributed by atoms with Crippen LogP contribution in [0.3, 0.4) is 0 Å². The first kappa shape index (κ1) is 28.1. The van der Waals surface area contributed by atoms with Gasteiger partial charge in [-0.3, -0.25) is 0 Å². The maximum Gasteiger partial charge on any atom is 0.0777 e. The van der Waals surface area contributed by atoms with Crippen LogP contribution < -0.4 is 0 Å². The van der Waals surface area contributed by atoms with Gasteiger partial charge in [0.2, 0.25) is 0 Å². The van der Waals surface area contributed by atoms with Crippen LogP contribution in [0, 0.1) is 0 Å². The zero-order valence-electron chi connectivity index (χ0n) is 19.4. The Balaban J connectivity index is 0. The molecule has 0 spiro atoms. The van der Waals surface area contributed by atoms with Gasteiger partial charge in [-0.1, -0.05) is 117 Å². The van der Waals surface area contributed by atoms with Crippen molar-refractivity contribution in [2.75, 3.05) is 34.2 Å². The van der Waals surface area contributed by atoms with E-state index >= 15 is 0 Å². The second-order valence-electron chi connectivity index (χ2n) is 9.07. The van der Waals surface area contributed by atoms with Crippen molar-refractivity contribution in [3.8, 4) is 0 Å². The molecule has 26 heavy (non-hydrogen) atoms. The topological polar surface area (TPSA) is 23.8 Å². The number of nitrogens with one attached hydrogen (secondary N) is 1. The SMILES string of the molecule is CCCCCCCCCCCCCCCCCC[NH-].CCC[N+](C)(C)C. The third-order valence-corrected chi connectivity index (χ3v) is 4.92. The molecular weight excluding hydrogens is 316 g/mol. The monoisotopic (exact) mass is 370 g/mol. The molecule has 0 aromatic carbocycles. The summed E-state index contributed by atoms with van der Waals surface area (Å²) in [6.07, 6.45) is 23.8. The highest BCUT2D eigenvalue weighted by atomic mass is 15.3. The number of quaternary nitrogens is 1. The van der Waals surface area contributed by atoms with Gasteiger partial charge >= 0.3 is 0 Å². The van der Waals surface area contributed by atoms with E-state index in [0.29, 0.717) is 6.54 Å². The van der Waals surface area contributed by atoms with Crippen molar-refractivity contribution in [1.82, 2.24) is 0 Å². The molecule has 1 N–H and O–H groups in total. The minimum Gasteiger partial charge on any atom is -0.677 e. The molecular formula is C24H54N2. The van der Waals surface area contributed by atoms with Gasteiger partial charge in [0.05, 0.1) is 27.7 Å². The fourth-order valence-corrected chi connectivity index (χ4v) is 3.34. The normalized spacial score (nSPS) is 11.3. The van der Waals surface area contributed by atoms with Crippen LogP contribution in [0.4, 0.5) is 0 Å². The maximum absolute atomic E-state index is 7.08. The Hall–Kier alpha value is -0.0800. The summed E-state index contributed by atoms with van der Waals surface area (Å²) < 4.78 is 1.09. The Morgan fingerprint density at radius 3 is 0.962 bits per heavy atom. The van der Waals surface area contributed by atoms with E-state index in [9.17, 15) is 0 Å². The van der Waals surface area contributed by atoms with Gasteiger partial charge in [0.1, 0.15) is 0 Å². The summed E-state index contributed by atoms with van der Waals surface area (Å²) in [4.78, 5) is 0. The summed E-state index contributed by atoms with van der Waals surface area (Å²) in [5.74, 6) is 0. The third-order valence-electron chi connectivity index (χ3n) is 4.92. The summed E-state index contributed by atoms with van der Waals surface area (Å²) in [6.45, 7) is 6.40. The number of hydrogen-bond acceptors (Lipinski definition) is 0. The van der Waals surface area contributed by atoms with E-state index in [1.165, 1.54) is 109 Å². The molecule has 0 aromatic heterocycles. The van der Waals surface area contributed by atoms with Crippen LogP contribution in [0.2, 0.25) is 0 Å². The maximum atomic E-state index is 7.08. The van der Waals surface area contributed by atoms with Crippen LogP contribution in [0.5, 0.6) is 0 Å². The number of nitrogens with zero attached hydrogens (tertiary/aromatic N) is 1. The smallest absolute Gasteiger partial charge is 0.0777 e. The van der Waals surface area contributed by atoms with Crippen molar-refractivity contribution in [2.45, 2.75) is 123 Å². The van der Waals surface area contributed by atoms with Gasteiger partial charge in [-0.15, -0.1) is 0 Å². The van der Waals surface area contributed by atoms with Crippen LogP contribution in [0.25, 0.3) is 5.73 Å². The zero-order valence-corrected chi connectivity index (χ0v) is 19.4. The summed E-state index contributed by atoms with van der Waals surface area (Å²) in [5.41, 5.74) is 7.08. The van der Waals surface area contributed by atoms with Crippen molar-refractivity contribution in [3.05, 3.63) is 5.73 Å². The highest BCUT2D eigenvalue weighted by Gasteiger charge is 2.01. The molecule has 0 atom stereocenters. The van der Waals surface area contributed by atoms with E-state index in [1.807, 2.05) is 0 Å². The largest absolute Gasteiger partial charge is 0.677 e. The van der Waals surface area contributed by atoms with Crippen LogP contribution >= 0.6 is 0 Å². The van der Waals surface area contributed by atoms with Gasteiger partial charge in [0.15, 0.2) is 0 Å². The summed E-state index contributed by atoms with van der Waals surface area (Å²) >= 11 is 0. The van der Waals surface area contributed by atoms with Gasteiger partial charge in [-0.05, 0) is 6.42 Å². The quantitative estimate of drug-likeness (QED) is 0.171. The predicted octanol–water partition coefficient (Wildman–Crippen LogP) is 8.40. The summed E-state index contributed by atoms with van der Waals surface area (Å²) in [6, 6.07) is 0. The third kappa shape index (κ3) is 31.7. The number of hydrogen-bond donors (Lipinski definition) is 0. The van der Waals surface area contributed by atoms with Crippen LogP contribution in [-0.2, 0) is 0 Å². The molecule has 0 unspecified atom stereocenters. The molecule has 0 saturated carbocycles. The Morgan fingerprint density at radius 1 is 0.462 bits per heavy atom. The second-order valence-corrected chi connectivity index (χ2v) is 9.07. The van der Waals surface area contributed by atoms with Gasteiger partial charge in [0.25, 0.3) is 0 Å². The Kier molecular flexibility index (Phi) is 24.8. The first-order valence-electron chi connectivity index (χ1n) is 11.9.